The van der Waals surface area contributed by atoms with Crippen molar-refractivity contribution in [2.24, 2.45) is 0 Å². The number of benzene rings is 1. The molecule has 0 heterocycles. The third kappa shape index (κ3) is 2.89. The molecule has 0 atom stereocenters. The Labute approximate surface area is 97.6 Å². The molecule has 0 radical (unpaired) electrons. The minimum absolute atomic E-state index is 0.823. The molecule has 2 rings (SSSR count). The van der Waals surface area contributed by atoms with Crippen molar-refractivity contribution in [1.29, 1.82) is 0 Å². The highest BCUT2D eigenvalue weighted by atomic mass is 15.2. The van der Waals surface area contributed by atoms with Gasteiger partial charge in [0.1, 0.15) is 0 Å². The van der Waals surface area contributed by atoms with E-state index in [1.165, 1.54) is 18.4 Å². The Bertz CT molecular complexity index is 358. The van der Waals surface area contributed by atoms with Crippen molar-refractivity contribution >= 4 is 11.4 Å². The smallest absolute Gasteiger partial charge is 0.0390 e. The number of nitrogens with one attached hydrogen (secondary N) is 1. The van der Waals surface area contributed by atoms with Crippen molar-refractivity contribution in [3.8, 4) is 0 Å². The summed E-state index contributed by atoms with van der Waals surface area (Å²) in [6.45, 7) is 4.18. The summed E-state index contributed by atoms with van der Waals surface area (Å²) in [5.41, 5.74) is 9.00. The average molecular weight is 219 g/mol. The highest BCUT2D eigenvalue weighted by Gasteiger charge is 2.25. The molecule has 0 aromatic heterocycles. The second kappa shape index (κ2) is 4.74. The molecule has 0 saturated heterocycles. The zero-order chi connectivity index (χ0) is 11.5. The fraction of sp³-hybridized carbons (Fsp3) is 0.538. The van der Waals surface area contributed by atoms with Gasteiger partial charge in [-0.3, -0.25) is 0 Å². The molecule has 1 aromatic rings. The molecule has 0 amide bonds. The van der Waals surface area contributed by atoms with Crippen LogP contribution in [0.15, 0.2) is 18.2 Å². The second-order valence-corrected chi connectivity index (χ2v) is 4.71. The van der Waals surface area contributed by atoms with Gasteiger partial charge in [0.05, 0.1) is 0 Å². The Balaban J connectivity index is 1.81. The normalized spacial score (nSPS) is 15.4. The third-order valence-electron chi connectivity index (χ3n) is 3.21. The van der Waals surface area contributed by atoms with Gasteiger partial charge in [-0.15, -0.1) is 0 Å². The lowest BCUT2D eigenvalue weighted by atomic mass is 10.2. The first-order chi connectivity index (χ1) is 7.66. The van der Waals surface area contributed by atoms with Crippen LogP contribution in [0.3, 0.4) is 0 Å². The Kier molecular flexibility index (Phi) is 3.34. The molecule has 3 nitrogen and oxygen atoms in total. The number of aryl methyl sites for hydroxylation is 1. The van der Waals surface area contributed by atoms with Gasteiger partial charge < -0.3 is 16.0 Å². The topological polar surface area (TPSA) is 41.3 Å². The first-order valence-corrected chi connectivity index (χ1v) is 5.97. The molecule has 3 heteroatoms. The summed E-state index contributed by atoms with van der Waals surface area (Å²) in [5.74, 6) is 0. The van der Waals surface area contributed by atoms with Gasteiger partial charge >= 0.3 is 0 Å². The van der Waals surface area contributed by atoms with E-state index < -0.39 is 0 Å². The minimum Gasteiger partial charge on any atom is -0.399 e. The molecular weight excluding hydrogens is 198 g/mol. The number of nitrogens with zero attached hydrogens (tertiary/aromatic N) is 1. The Morgan fingerprint density at radius 3 is 2.88 bits per heavy atom. The molecule has 88 valence electrons. The molecule has 0 unspecified atom stereocenters. The van der Waals surface area contributed by atoms with Crippen molar-refractivity contribution in [1.82, 2.24) is 4.90 Å². The van der Waals surface area contributed by atoms with Gasteiger partial charge in [0.2, 0.25) is 0 Å². The molecule has 1 saturated carbocycles. The van der Waals surface area contributed by atoms with Crippen molar-refractivity contribution in [3.05, 3.63) is 23.8 Å². The van der Waals surface area contributed by atoms with Gasteiger partial charge in [-0.05, 0) is 44.5 Å². The molecule has 1 aromatic carbocycles. The first-order valence-electron chi connectivity index (χ1n) is 5.97. The summed E-state index contributed by atoms with van der Waals surface area (Å²) in [4.78, 5) is 2.43. The zero-order valence-electron chi connectivity index (χ0n) is 10.2. The SMILES string of the molecule is Cc1ccc(N)cc1NCCN(C)C1CC1. The number of hydrogen-bond donors (Lipinski definition) is 2. The molecule has 16 heavy (non-hydrogen) atoms. The molecule has 0 bridgehead atoms. The van der Waals surface area contributed by atoms with Crippen molar-refractivity contribution in [3.63, 3.8) is 0 Å². The van der Waals surface area contributed by atoms with Gasteiger partial charge in [0.15, 0.2) is 0 Å². The molecule has 1 aliphatic carbocycles. The fourth-order valence-corrected chi connectivity index (χ4v) is 1.89. The van der Waals surface area contributed by atoms with Crippen molar-refractivity contribution in [2.75, 3.05) is 31.2 Å². The molecule has 1 fully saturated rings. The molecule has 3 N–H and O–H groups in total. The summed E-state index contributed by atoms with van der Waals surface area (Å²) >= 11 is 0. The van der Waals surface area contributed by atoms with Gasteiger partial charge in [-0.25, -0.2) is 0 Å². The lowest BCUT2D eigenvalue weighted by Gasteiger charge is -2.17. The van der Waals surface area contributed by atoms with Crippen LogP contribution < -0.4 is 11.1 Å². The van der Waals surface area contributed by atoms with Gasteiger partial charge in [0.25, 0.3) is 0 Å². The Hall–Kier alpha value is -1.22. The number of nitrogens with two attached hydrogens (primary N) is 1. The number of hydrogen-bond acceptors (Lipinski definition) is 3. The number of nitrogen functional groups attached to an aromatic ring is 1. The molecule has 0 aliphatic heterocycles. The van der Waals surface area contributed by atoms with E-state index in [0.29, 0.717) is 0 Å². The van der Waals surface area contributed by atoms with Crippen LogP contribution in [-0.2, 0) is 0 Å². The van der Waals surface area contributed by atoms with Crippen LogP contribution in [-0.4, -0.2) is 31.1 Å². The summed E-state index contributed by atoms with van der Waals surface area (Å²) in [6.07, 6.45) is 2.74. The lowest BCUT2D eigenvalue weighted by Crippen LogP contribution is -2.27. The lowest BCUT2D eigenvalue weighted by molar-refractivity contribution is 0.337. The van der Waals surface area contributed by atoms with Crippen molar-refractivity contribution < 1.29 is 0 Å². The first kappa shape index (κ1) is 11.3. The van der Waals surface area contributed by atoms with E-state index in [1.807, 2.05) is 12.1 Å². The third-order valence-corrected chi connectivity index (χ3v) is 3.21. The Morgan fingerprint density at radius 2 is 2.19 bits per heavy atom. The maximum absolute atomic E-state index is 5.77. The molecular formula is C13H21N3. The summed E-state index contributed by atoms with van der Waals surface area (Å²) in [7, 11) is 2.20. The van der Waals surface area contributed by atoms with E-state index in [9.17, 15) is 0 Å². The van der Waals surface area contributed by atoms with Gasteiger partial charge in [0, 0.05) is 30.5 Å². The largest absolute Gasteiger partial charge is 0.399 e. The van der Waals surface area contributed by atoms with Crippen LogP contribution in [0.4, 0.5) is 11.4 Å². The molecule has 0 spiro atoms. The quantitative estimate of drug-likeness (QED) is 0.745. The van der Waals surface area contributed by atoms with E-state index in [4.69, 9.17) is 5.73 Å². The van der Waals surface area contributed by atoms with Crippen molar-refractivity contribution in [2.45, 2.75) is 25.8 Å². The zero-order valence-corrected chi connectivity index (χ0v) is 10.2. The second-order valence-electron chi connectivity index (χ2n) is 4.71. The maximum atomic E-state index is 5.77. The Morgan fingerprint density at radius 1 is 1.44 bits per heavy atom. The fourth-order valence-electron chi connectivity index (χ4n) is 1.89. The summed E-state index contributed by atoms with van der Waals surface area (Å²) in [6, 6.07) is 6.84. The van der Waals surface area contributed by atoms with E-state index >= 15 is 0 Å². The number of anilines is 2. The number of likely N-dealkylation sites (N-methyl/N-ethyl adjacent to an activating group) is 1. The van der Waals surface area contributed by atoms with Crippen LogP contribution in [0.5, 0.6) is 0 Å². The van der Waals surface area contributed by atoms with Crippen LogP contribution in [0.1, 0.15) is 18.4 Å². The highest BCUT2D eigenvalue weighted by Crippen LogP contribution is 2.25. The van der Waals surface area contributed by atoms with E-state index in [1.54, 1.807) is 0 Å². The maximum Gasteiger partial charge on any atom is 0.0390 e. The highest BCUT2D eigenvalue weighted by molar-refractivity contribution is 5.59. The molecule has 1 aliphatic rings. The van der Waals surface area contributed by atoms with Crippen LogP contribution >= 0.6 is 0 Å². The van der Waals surface area contributed by atoms with E-state index in [0.717, 1.165) is 30.5 Å². The summed E-state index contributed by atoms with van der Waals surface area (Å²) in [5, 5.41) is 3.45. The average Bonchev–Trinajstić information content (AvgIpc) is 3.06. The predicted octanol–water partition coefficient (Wildman–Crippen LogP) is 2.08. The van der Waals surface area contributed by atoms with Crippen LogP contribution in [0, 0.1) is 6.92 Å². The predicted molar refractivity (Wildman–Crippen MR) is 69.7 cm³/mol. The minimum atomic E-state index is 0.823. The monoisotopic (exact) mass is 219 g/mol. The van der Waals surface area contributed by atoms with Gasteiger partial charge in [-0.2, -0.15) is 0 Å². The summed E-state index contributed by atoms with van der Waals surface area (Å²) < 4.78 is 0. The number of rotatable bonds is 5. The van der Waals surface area contributed by atoms with Crippen LogP contribution in [0.2, 0.25) is 0 Å². The van der Waals surface area contributed by atoms with Gasteiger partial charge in [-0.1, -0.05) is 6.07 Å². The standard InChI is InChI=1S/C13H21N3/c1-10-3-4-11(14)9-13(10)15-7-8-16(2)12-5-6-12/h3-4,9,12,15H,5-8,14H2,1-2H3. The van der Waals surface area contributed by atoms with Crippen LogP contribution in [0.25, 0.3) is 0 Å². The van der Waals surface area contributed by atoms with E-state index in [-0.39, 0.29) is 0 Å². The van der Waals surface area contributed by atoms with E-state index in [2.05, 4.69) is 30.3 Å².